The van der Waals surface area contributed by atoms with E-state index in [1.54, 1.807) is 0 Å². The number of rotatable bonds is 8. The molecule has 6 heteroatoms. The van der Waals surface area contributed by atoms with Crippen LogP contribution in [0.5, 0.6) is 0 Å². The van der Waals surface area contributed by atoms with Crippen LogP contribution in [0.3, 0.4) is 0 Å². The molecule has 6 nitrogen and oxygen atoms in total. The maximum Gasteiger partial charge on any atom is 0.233 e. The summed E-state index contributed by atoms with van der Waals surface area (Å²) in [6.45, 7) is 6.50. The molecule has 1 aliphatic carbocycles. The van der Waals surface area contributed by atoms with Gasteiger partial charge in [0.25, 0.3) is 0 Å². The molecule has 2 atom stereocenters. The second-order valence-corrected chi connectivity index (χ2v) is 7.79. The summed E-state index contributed by atoms with van der Waals surface area (Å²) in [5, 5.41) is 2.92. The molecule has 1 aromatic carbocycles. The van der Waals surface area contributed by atoms with Gasteiger partial charge in [-0.05, 0) is 38.3 Å². The predicted molar refractivity (Wildman–Crippen MR) is 109 cm³/mol. The summed E-state index contributed by atoms with van der Waals surface area (Å²) in [6, 6.07) is 8.21. The molecule has 1 aliphatic heterocycles. The van der Waals surface area contributed by atoms with E-state index in [1.165, 1.54) is 16.2 Å². The van der Waals surface area contributed by atoms with Gasteiger partial charge >= 0.3 is 0 Å². The van der Waals surface area contributed by atoms with E-state index in [2.05, 4.69) is 36.2 Å². The zero-order valence-electron chi connectivity index (χ0n) is 16.9. The second-order valence-electron chi connectivity index (χ2n) is 7.79. The van der Waals surface area contributed by atoms with Crippen LogP contribution in [-0.2, 0) is 14.4 Å². The summed E-state index contributed by atoms with van der Waals surface area (Å²) < 4.78 is 0. The molecule has 152 valence electrons. The predicted octanol–water partition coefficient (Wildman–Crippen LogP) is 2.50. The molecule has 1 N–H and O–H groups in total. The van der Waals surface area contributed by atoms with Crippen molar-refractivity contribution in [3.8, 4) is 0 Å². The molecule has 3 rings (SSSR count). The first kappa shape index (κ1) is 20.4. The van der Waals surface area contributed by atoms with Gasteiger partial charge in [-0.2, -0.15) is 0 Å². The number of likely N-dealkylation sites (tertiary alicyclic amines) is 1. The van der Waals surface area contributed by atoms with Gasteiger partial charge in [0.05, 0.1) is 11.8 Å². The van der Waals surface area contributed by atoms with Gasteiger partial charge in [-0.15, -0.1) is 0 Å². The molecule has 0 bridgehead atoms. The van der Waals surface area contributed by atoms with Crippen LogP contribution >= 0.6 is 0 Å². The number of fused-ring (bicyclic) bond motifs is 1. The SMILES string of the molecule is CCN(CCNC(=O)CCN1C(=O)C2CCCCC2C1=O)c1ccccc1C. The van der Waals surface area contributed by atoms with Crippen LogP contribution in [0.15, 0.2) is 24.3 Å². The fraction of sp³-hybridized carbons (Fsp3) is 0.591. The topological polar surface area (TPSA) is 69.7 Å². The maximum atomic E-state index is 12.5. The number of carbonyl (C=O) groups is 3. The summed E-state index contributed by atoms with van der Waals surface area (Å²) in [4.78, 5) is 40.7. The van der Waals surface area contributed by atoms with E-state index in [0.29, 0.717) is 6.54 Å². The van der Waals surface area contributed by atoms with Crippen LogP contribution < -0.4 is 10.2 Å². The van der Waals surface area contributed by atoms with E-state index in [1.807, 2.05) is 12.1 Å². The molecule has 0 radical (unpaired) electrons. The van der Waals surface area contributed by atoms with E-state index in [0.717, 1.165) is 38.8 Å². The second kappa shape index (κ2) is 9.22. The Morgan fingerprint density at radius 2 is 1.79 bits per heavy atom. The van der Waals surface area contributed by atoms with E-state index in [-0.39, 0.29) is 42.5 Å². The van der Waals surface area contributed by atoms with Gasteiger partial charge in [0.2, 0.25) is 17.7 Å². The Bertz CT molecular complexity index is 709. The standard InChI is InChI=1S/C22H31N3O3/c1-3-24(19-11-7-4-8-16(19)2)15-13-23-20(26)12-14-25-21(27)17-9-5-6-10-18(17)22(25)28/h4,7-8,11,17-18H,3,5-6,9-10,12-15H2,1-2H3,(H,23,26). The molecule has 1 heterocycles. The molecular formula is C22H31N3O3. The fourth-order valence-electron chi connectivity index (χ4n) is 4.45. The van der Waals surface area contributed by atoms with Crippen LogP contribution in [0.25, 0.3) is 0 Å². The zero-order chi connectivity index (χ0) is 20.1. The highest BCUT2D eigenvalue weighted by Gasteiger charge is 2.47. The lowest BCUT2D eigenvalue weighted by Crippen LogP contribution is -2.38. The number of nitrogens with one attached hydrogen (secondary N) is 1. The van der Waals surface area contributed by atoms with Crippen LogP contribution in [0, 0.1) is 18.8 Å². The minimum atomic E-state index is -0.142. The third-order valence-corrected chi connectivity index (χ3v) is 6.04. The average molecular weight is 386 g/mol. The maximum absolute atomic E-state index is 12.5. The molecule has 28 heavy (non-hydrogen) atoms. The van der Waals surface area contributed by atoms with Crippen molar-refractivity contribution >= 4 is 23.4 Å². The van der Waals surface area contributed by atoms with Gasteiger partial charge in [0.1, 0.15) is 0 Å². The van der Waals surface area contributed by atoms with Gasteiger partial charge in [0, 0.05) is 38.3 Å². The summed E-state index contributed by atoms with van der Waals surface area (Å²) in [6.07, 6.45) is 3.83. The quantitative estimate of drug-likeness (QED) is 0.698. The Hall–Kier alpha value is -2.37. The Morgan fingerprint density at radius 3 is 2.39 bits per heavy atom. The van der Waals surface area contributed by atoms with Crippen LogP contribution in [-0.4, -0.2) is 48.8 Å². The highest BCUT2D eigenvalue weighted by atomic mass is 16.2. The zero-order valence-corrected chi connectivity index (χ0v) is 16.9. The lowest BCUT2D eigenvalue weighted by Gasteiger charge is -2.25. The number of likely N-dealkylation sites (N-methyl/N-ethyl adjacent to an activating group) is 1. The van der Waals surface area contributed by atoms with Crippen LogP contribution in [0.1, 0.15) is 44.6 Å². The third kappa shape index (κ3) is 4.37. The van der Waals surface area contributed by atoms with Crippen molar-refractivity contribution in [2.24, 2.45) is 11.8 Å². The number of imide groups is 1. The Balaban J connectivity index is 1.44. The average Bonchev–Trinajstić information content (AvgIpc) is 2.95. The lowest BCUT2D eigenvalue weighted by molar-refractivity contribution is -0.140. The number of hydrogen-bond donors (Lipinski definition) is 1. The number of benzene rings is 1. The largest absolute Gasteiger partial charge is 0.370 e. The number of hydrogen-bond acceptors (Lipinski definition) is 4. The van der Waals surface area contributed by atoms with Crippen molar-refractivity contribution in [3.63, 3.8) is 0 Å². The smallest absolute Gasteiger partial charge is 0.233 e. The normalized spacial score (nSPS) is 21.6. The number of nitrogens with zero attached hydrogens (tertiary/aromatic N) is 2. The number of para-hydroxylation sites is 1. The number of carbonyl (C=O) groups excluding carboxylic acids is 3. The molecule has 1 saturated heterocycles. The van der Waals surface area contributed by atoms with Crippen molar-refractivity contribution in [3.05, 3.63) is 29.8 Å². The molecule has 3 amide bonds. The molecule has 2 aliphatic rings. The van der Waals surface area contributed by atoms with Gasteiger partial charge in [-0.25, -0.2) is 0 Å². The molecule has 1 saturated carbocycles. The van der Waals surface area contributed by atoms with Crippen LogP contribution in [0.4, 0.5) is 5.69 Å². The first-order valence-corrected chi connectivity index (χ1v) is 10.5. The summed E-state index contributed by atoms with van der Waals surface area (Å²) in [7, 11) is 0. The monoisotopic (exact) mass is 385 g/mol. The first-order valence-electron chi connectivity index (χ1n) is 10.5. The highest BCUT2D eigenvalue weighted by molar-refractivity contribution is 6.05. The van der Waals surface area contributed by atoms with E-state index < -0.39 is 0 Å². The molecule has 0 aromatic heterocycles. The van der Waals surface area contributed by atoms with Gasteiger partial charge in [-0.1, -0.05) is 31.0 Å². The number of aryl methyl sites for hydroxylation is 1. The summed E-state index contributed by atoms with van der Waals surface area (Å²) in [5.41, 5.74) is 2.39. The van der Waals surface area contributed by atoms with Crippen molar-refractivity contribution < 1.29 is 14.4 Å². The van der Waals surface area contributed by atoms with E-state index in [9.17, 15) is 14.4 Å². The Kier molecular flexibility index (Phi) is 6.70. The van der Waals surface area contributed by atoms with Crippen molar-refractivity contribution in [2.45, 2.75) is 46.0 Å². The van der Waals surface area contributed by atoms with Crippen molar-refractivity contribution in [1.29, 1.82) is 0 Å². The molecular weight excluding hydrogens is 354 g/mol. The van der Waals surface area contributed by atoms with Gasteiger partial charge in [0.15, 0.2) is 0 Å². The Labute approximate surface area is 167 Å². The summed E-state index contributed by atoms with van der Waals surface area (Å²) >= 11 is 0. The number of amides is 3. The minimum absolute atomic E-state index is 0.0702. The first-order chi connectivity index (χ1) is 13.5. The molecule has 2 fully saturated rings. The fourth-order valence-corrected chi connectivity index (χ4v) is 4.45. The molecule has 0 spiro atoms. The summed E-state index contributed by atoms with van der Waals surface area (Å²) in [5.74, 6) is -0.539. The van der Waals surface area contributed by atoms with Crippen LogP contribution in [0.2, 0.25) is 0 Å². The number of anilines is 1. The van der Waals surface area contributed by atoms with Crippen molar-refractivity contribution in [1.82, 2.24) is 10.2 Å². The highest BCUT2D eigenvalue weighted by Crippen LogP contribution is 2.37. The lowest BCUT2D eigenvalue weighted by atomic mass is 9.81. The Morgan fingerprint density at radius 1 is 1.14 bits per heavy atom. The van der Waals surface area contributed by atoms with E-state index in [4.69, 9.17) is 0 Å². The minimum Gasteiger partial charge on any atom is -0.370 e. The van der Waals surface area contributed by atoms with Gasteiger partial charge < -0.3 is 10.2 Å². The molecule has 2 unspecified atom stereocenters. The van der Waals surface area contributed by atoms with Gasteiger partial charge in [-0.3, -0.25) is 19.3 Å². The third-order valence-electron chi connectivity index (χ3n) is 6.04. The van der Waals surface area contributed by atoms with E-state index >= 15 is 0 Å². The molecule has 1 aromatic rings. The van der Waals surface area contributed by atoms with Crippen molar-refractivity contribution in [2.75, 3.05) is 31.1 Å².